The first-order valence-corrected chi connectivity index (χ1v) is 10.8. The van der Waals surface area contributed by atoms with Crippen molar-refractivity contribution >= 4 is 23.0 Å². The van der Waals surface area contributed by atoms with Crippen molar-refractivity contribution in [2.24, 2.45) is 10.5 Å². The second kappa shape index (κ2) is 9.02. The molecule has 0 bridgehead atoms. The monoisotopic (exact) mass is 447 g/mol. The number of furan rings is 1. The van der Waals surface area contributed by atoms with Crippen LogP contribution in [0.15, 0.2) is 58.0 Å². The van der Waals surface area contributed by atoms with Crippen LogP contribution < -0.4 is 20.2 Å². The second-order valence-corrected chi connectivity index (χ2v) is 8.93. The molecule has 2 aromatic carbocycles. The molecule has 4 rings (SSSR count). The van der Waals surface area contributed by atoms with E-state index in [9.17, 15) is 4.79 Å². The maximum absolute atomic E-state index is 13.2. The van der Waals surface area contributed by atoms with Gasteiger partial charge in [-0.2, -0.15) is 5.10 Å². The molecule has 2 N–H and O–H groups in total. The van der Waals surface area contributed by atoms with Crippen LogP contribution in [0.2, 0.25) is 0 Å². The highest BCUT2D eigenvalue weighted by atomic mass is 16.5. The maximum atomic E-state index is 13.2. The van der Waals surface area contributed by atoms with Gasteiger partial charge in [-0.3, -0.25) is 10.2 Å². The molecule has 1 heterocycles. The van der Waals surface area contributed by atoms with Crippen LogP contribution in [0.25, 0.3) is 0 Å². The Morgan fingerprint density at radius 3 is 2.52 bits per heavy atom. The molecule has 172 valence electrons. The first-order chi connectivity index (χ1) is 15.8. The molecule has 1 aliphatic rings. The van der Waals surface area contributed by atoms with E-state index in [-0.39, 0.29) is 17.1 Å². The molecule has 0 atom stereocenters. The number of carbonyl (C=O) groups is 1. The fourth-order valence-corrected chi connectivity index (χ4v) is 4.16. The Balaban J connectivity index is 1.67. The Bertz CT molecular complexity index is 1200. The van der Waals surface area contributed by atoms with E-state index in [0.29, 0.717) is 17.2 Å². The minimum atomic E-state index is -0.346. The molecule has 1 aromatic heterocycles. The molecule has 7 nitrogen and oxygen atoms in total. The van der Waals surface area contributed by atoms with E-state index in [2.05, 4.69) is 24.6 Å². The van der Waals surface area contributed by atoms with Crippen molar-refractivity contribution in [3.8, 4) is 11.5 Å². The normalized spacial score (nSPS) is 15.6. The minimum Gasteiger partial charge on any atom is -0.497 e. The Hall–Kier alpha value is -3.74. The number of methoxy groups -OCH3 is 2. The summed E-state index contributed by atoms with van der Waals surface area (Å²) in [6, 6.07) is 15.0. The Kier molecular flexibility index (Phi) is 6.14. The van der Waals surface area contributed by atoms with Crippen molar-refractivity contribution in [3.63, 3.8) is 0 Å². The lowest BCUT2D eigenvalue weighted by Crippen LogP contribution is -2.27. The Morgan fingerprint density at radius 2 is 1.82 bits per heavy atom. The maximum Gasteiger partial charge on any atom is 0.291 e. The second-order valence-electron chi connectivity index (χ2n) is 8.93. The summed E-state index contributed by atoms with van der Waals surface area (Å²) < 4.78 is 16.8. The Labute approximate surface area is 193 Å². The van der Waals surface area contributed by atoms with E-state index < -0.39 is 0 Å². The molecular weight excluding hydrogens is 418 g/mol. The van der Waals surface area contributed by atoms with E-state index in [4.69, 9.17) is 19.0 Å². The third-order valence-corrected chi connectivity index (χ3v) is 5.75. The SMILES string of the molecule is COc1ccc(OC)c(NC(=O)c2oc3c(c2C)/C(=N\Nc2ccccc2)CC(C)(C)C3)c1. The van der Waals surface area contributed by atoms with Gasteiger partial charge in [0, 0.05) is 23.6 Å². The van der Waals surface area contributed by atoms with Gasteiger partial charge >= 0.3 is 0 Å². The summed E-state index contributed by atoms with van der Waals surface area (Å²) >= 11 is 0. The lowest BCUT2D eigenvalue weighted by molar-refractivity contribution is 0.0992. The number of amides is 1. The number of hydrazone groups is 1. The molecular formula is C26H29N3O4. The number of ether oxygens (including phenoxy) is 2. The number of para-hydroxylation sites is 1. The highest BCUT2D eigenvalue weighted by Gasteiger charge is 2.36. The fraction of sp³-hybridized carbons (Fsp3) is 0.308. The van der Waals surface area contributed by atoms with Gasteiger partial charge in [-0.1, -0.05) is 32.0 Å². The highest BCUT2D eigenvalue weighted by molar-refractivity contribution is 6.10. The Morgan fingerprint density at radius 1 is 1.06 bits per heavy atom. The van der Waals surface area contributed by atoms with Gasteiger partial charge in [0.15, 0.2) is 5.76 Å². The van der Waals surface area contributed by atoms with E-state index in [1.165, 1.54) is 0 Å². The first kappa shape index (κ1) is 22.5. The van der Waals surface area contributed by atoms with E-state index in [0.717, 1.165) is 41.1 Å². The van der Waals surface area contributed by atoms with Crippen LogP contribution in [0.5, 0.6) is 11.5 Å². The molecule has 0 spiro atoms. The van der Waals surface area contributed by atoms with Crippen molar-refractivity contribution in [3.05, 3.63) is 71.2 Å². The summed E-state index contributed by atoms with van der Waals surface area (Å²) in [4.78, 5) is 13.2. The topological polar surface area (TPSA) is 85.1 Å². The number of benzene rings is 2. The first-order valence-electron chi connectivity index (χ1n) is 10.8. The van der Waals surface area contributed by atoms with Crippen LogP contribution in [0.4, 0.5) is 11.4 Å². The third-order valence-electron chi connectivity index (χ3n) is 5.75. The lowest BCUT2D eigenvalue weighted by Gasteiger charge is -2.29. The smallest absolute Gasteiger partial charge is 0.291 e. The largest absolute Gasteiger partial charge is 0.497 e. The number of hydrogen-bond donors (Lipinski definition) is 2. The van der Waals surface area contributed by atoms with Gasteiger partial charge in [0.2, 0.25) is 0 Å². The molecule has 0 fully saturated rings. The zero-order valence-corrected chi connectivity index (χ0v) is 19.6. The summed E-state index contributed by atoms with van der Waals surface area (Å²) in [5, 5.41) is 7.60. The van der Waals surface area contributed by atoms with Gasteiger partial charge in [-0.05, 0) is 43.0 Å². The summed E-state index contributed by atoms with van der Waals surface area (Å²) in [6.07, 6.45) is 1.49. The number of nitrogens with zero attached hydrogens (tertiary/aromatic N) is 1. The standard InChI is InChI=1S/C26H29N3O4/c1-16-23-20(29-28-17-9-7-6-8-10-17)14-26(2,3)15-22(23)33-24(16)25(30)27-19-13-18(31-4)11-12-21(19)32-5/h6-13,28H,14-15H2,1-5H3,(H,27,30)/b29-20-. The molecule has 0 radical (unpaired) electrons. The fourth-order valence-electron chi connectivity index (χ4n) is 4.16. The average Bonchev–Trinajstić information content (AvgIpc) is 3.13. The zero-order chi connectivity index (χ0) is 23.6. The minimum absolute atomic E-state index is 0.0434. The molecule has 0 unspecified atom stereocenters. The number of fused-ring (bicyclic) bond motifs is 1. The number of rotatable bonds is 6. The lowest BCUT2D eigenvalue weighted by atomic mass is 9.75. The van der Waals surface area contributed by atoms with Crippen LogP contribution in [-0.2, 0) is 6.42 Å². The molecule has 0 saturated carbocycles. The quantitative estimate of drug-likeness (QED) is 0.477. The van der Waals surface area contributed by atoms with Crippen LogP contribution in [0, 0.1) is 12.3 Å². The molecule has 0 saturated heterocycles. The van der Waals surface area contributed by atoms with Gasteiger partial charge < -0.3 is 19.2 Å². The van der Waals surface area contributed by atoms with E-state index >= 15 is 0 Å². The molecule has 0 aliphatic heterocycles. The molecule has 3 aromatic rings. The zero-order valence-electron chi connectivity index (χ0n) is 19.6. The van der Waals surface area contributed by atoms with Crippen LogP contribution >= 0.6 is 0 Å². The molecule has 1 aliphatic carbocycles. The molecule has 7 heteroatoms. The summed E-state index contributed by atoms with van der Waals surface area (Å²) in [5.74, 6) is 1.86. The third kappa shape index (κ3) is 4.72. The van der Waals surface area contributed by atoms with Crippen molar-refractivity contribution in [2.45, 2.75) is 33.6 Å². The van der Waals surface area contributed by atoms with Crippen molar-refractivity contribution in [1.82, 2.24) is 0 Å². The van der Waals surface area contributed by atoms with Gasteiger partial charge in [0.05, 0.1) is 31.3 Å². The van der Waals surface area contributed by atoms with Crippen molar-refractivity contribution in [2.75, 3.05) is 25.0 Å². The predicted octanol–water partition coefficient (Wildman–Crippen LogP) is 5.65. The van der Waals surface area contributed by atoms with E-state index in [1.807, 2.05) is 37.3 Å². The van der Waals surface area contributed by atoms with Gasteiger partial charge in [0.1, 0.15) is 17.3 Å². The number of carbonyl (C=O) groups excluding carboxylic acids is 1. The number of anilines is 2. The van der Waals surface area contributed by atoms with Crippen LogP contribution in [-0.4, -0.2) is 25.8 Å². The summed E-state index contributed by atoms with van der Waals surface area (Å²) in [5.41, 5.74) is 7.06. The van der Waals surface area contributed by atoms with Gasteiger partial charge in [-0.15, -0.1) is 0 Å². The molecule has 33 heavy (non-hydrogen) atoms. The average molecular weight is 448 g/mol. The summed E-state index contributed by atoms with van der Waals surface area (Å²) in [7, 11) is 3.13. The molecule has 1 amide bonds. The van der Waals surface area contributed by atoms with Crippen LogP contribution in [0.1, 0.15) is 47.7 Å². The van der Waals surface area contributed by atoms with Gasteiger partial charge in [0.25, 0.3) is 5.91 Å². The van der Waals surface area contributed by atoms with Crippen LogP contribution in [0.3, 0.4) is 0 Å². The highest BCUT2D eigenvalue weighted by Crippen LogP contribution is 2.39. The number of hydrogen-bond acceptors (Lipinski definition) is 6. The van der Waals surface area contributed by atoms with E-state index in [1.54, 1.807) is 32.4 Å². The van der Waals surface area contributed by atoms with Gasteiger partial charge in [-0.25, -0.2) is 0 Å². The summed E-state index contributed by atoms with van der Waals surface area (Å²) in [6.45, 7) is 6.25. The van der Waals surface area contributed by atoms with Crippen molar-refractivity contribution < 1.29 is 18.7 Å². The van der Waals surface area contributed by atoms with Crippen molar-refractivity contribution in [1.29, 1.82) is 0 Å². The number of nitrogens with one attached hydrogen (secondary N) is 2. The predicted molar refractivity (Wildman–Crippen MR) is 130 cm³/mol.